The van der Waals surface area contributed by atoms with Gasteiger partial charge in [-0.2, -0.15) is 0 Å². The second-order valence-corrected chi connectivity index (χ2v) is 3.80. The van der Waals surface area contributed by atoms with E-state index in [-0.39, 0.29) is 0 Å². The zero-order chi connectivity index (χ0) is 10.4. The first-order chi connectivity index (χ1) is 6.62. The Bertz CT molecular complexity index is 219. The summed E-state index contributed by atoms with van der Waals surface area (Å²) in [7, 11) is 0. The Morgan fingerprint density at radius 2 is 2.07 bits per heavy atom. The van der Waals surface area contributed by atoms with Crippen molar-refractivity contribution in [3.63, 3.8) is 0 Å². The molecule has 4 nitrogen and oxygen atoms in total. The van der Waals surface area contributed by atoms with E-state index >= 15 is 0 Å². The molecule has 0 heterocycles. The van der Waals surface area contributed by atoms with Gasteiger partial charge in [0.25, 0.3) is 0 Å². The van der Waals surface area contributed by atoms with Crippen LogP contribution in [-0.4, -0.2) is 34.9 Å². The summed E-state index contributed by atoms with van der Waals surface area (Å²) in [4.78, 5) is 10.1. The van der Waals surface area contributed by atoms with Gasteiger partial charge >= 0.3 is 5.97 Å². The highest BCUT2D eigenvalue weighted by atomic mass is 16.4. The molecular weight excluding hydrogens is 182 g/mol. The van der Waals surface area contributed by atoms with Gasteiger partial charge in [-0.1, -0.05) is 18.9 Å². The summed E-state index contributed by atoms with van der Waals surface area (Å²) < 4.78 is 0. The molecule has 1 rings (SSSR count). The zero-order valence-corrected chi connectivity index (χ0v) is 8.20. The highest BCUT2D eigenvalue weighted by molar-refractivity contribution is 5.79. The second kappa shape index (κ2) is 5.12. The van der Waals surface area contributed by atoms with E-state index in [2.05, 4.69) is 5.32 Å². The maximum atomic E-state index is 10.1. The summed E-state index contributed by atoms with van der Waals surface area (Å²) in [6, 6.07) is 0. The first kappa shape index (κ1) is 11.2. The van der Waals surface area contributed by atoms with E-state index in [1.54, 1.807) is 6.08 Å². The van der Waals surface area contributed by atoms with E-state index < -0.39 is 11.6 Å². The van der Waals surface area contributed by atoms with E-state index in [1.165, 1.54) is 0 Å². The number of carboxylic acids is 1. The minimum Gasteiger partial charge on any atom is -0.478 e. The van der Waals surface area contributed by atoms with Crippen molar-refractivity contribution >= 4 is 5.97 Å². The molecule has 0 aromatic carbocycles. The van der Waals surface area contributed by atoms with Crippen LogP contribution in [0.2, 0.25) is 0 Å². The molecule has 0 atom stereocenters. The van der Waals surface area contributed by atoms with E-state index in [0.717, 1.165) is 31.8 Å². The van der Waals surface area contributed by atoms with Crippen LogP contribution in [0, 0.1) is 0 Å². The molecule has 0 aromatic heterocycles. The van der Waals surface area contributed by atoms with Crippen LogP contribution in [0.1, 0.15) is 25.7 Å². The first-order valence-electron chi connectivity index (χ1n) is 4.95. The maximum Gasteiger partial charge on any atom is 0.328 e. The summed E-state index contributed by atoms with van der Waals surface area (Å²) in [6.45, 7) is 1.05. The zero-order valence-electron chi connectivity index (χ0n) is 8.20. The number of carbonyl (C=O) groups is 1. The van der Waals surface area contributed by atoms with Crippen molar-refractivity contribution in [2.24, 2.45) is 0 Å². The number of carboxylic acid groups (broad SMARTS) is 1. The molecule has 4 heteroatoms. The van der Waals surface area contributed by atoms with Gasteiger partial charge in [0.1, 0.15) is 0 Å². The lowest BCUT2D eigenvalue weighted by Gasteiger charge is -2.21. The molecule has 0 radical (unpaired) electrons. The van der Waals surface area contributed by atoms with E-state index in [4.69, 9.17) is 5.11 Å². The molecule has 3 N–H and O–H groups in total. The van der Waals surface area contributed by atoms with Gasteiger partial charge in [-0.3, -0.25) is 0 Å². The summed E-state index contributed by atoms with van der Waals surface area (Å²) in [5.41, 5.74) is -0.558. The molecule has 0 saturated heterocycles. The van der Waals surface area contributed by atoms with E-state index in [0.29, 0.717) is 13.1 Å². The number of nitrogens with one attached hydrogen (secondary N) is 1. The average molecular weight is 199 g/mol. The maximum absolute atomic E-state index is 10.1. The fourth-order valence-electron chi connectivity index (χ4n) is 1.76. The Morgan fingerprint density at radius 1 is 1.43 bits per heavy atom. The number of hydrogen-bond donors (Lipinski definition) is 3. The Hall–Kier alpha value is -0.870. The highest BCUT2D eigenvalue weighted by Crippen LogP contribution is 2.28. The number of aliphatic hydroxyl groups is 1. The van der Waals surface area contributed by atoms with Gasteiger partial charge in [-0.05, 0) is 12.8 Å². The van der Waals surface area contributed by atoms with Crippen LogP contribution >= 0.6 is 0 Å². The predicted octanol–water partition coefficient (Wildman–Crippen LogP) is 0.522. The van der Waals surface area contributed by atoms with E-state index in [9.17, 15) is 9.90 Å². The monoisotopic (exact) mass is 199 g/mol. The Labute approximate surface area is 83.6 Å². The van der Waals surface area contributed by atoms with Crippen molar-refractivity contribution in [1.29, 1.82) is 0 Å². The van der Waals surface area contributed by atoms with Gasteiger partial charge in [0.2, 0.25) is 0 Å². The largest absolute Gasteiger partial charge is 0.478 e. The third-order valence-electron chi connectivity index (χ3n) is 2.51. The van der Waals surface area contributed by atoms with Gasteiger partial charge in [0.15, 0.2) is 0 Å². The smallest absolute Gasteiger partial charge is 0.328 e. The molecule has 0 aliphatic heterocycles. The van der Waals surface area contributed by atoms with Crippen LogP contribution in [-0.2, 0) is 4.79 Å². The Balaban J connectivity index is 2.11. The molecule has 0 amide bonds. The van der Waals surface area contributed by atoms with Crippen LogP contribution in [0.15, 0.2) is 12.2 Å². The van der Waals surface area contributed by atoms with Crippen molar-refractivity contribution in [1.82, 2.24) is 5.32 Å². The van der Waals surface area contributed by atoms with Gasteiger partial charge in [-0.25, -0.2) is 4.79 Å². The third-order valence-corrected chi connectivity index (χ3v) is 2.51. The van der Waals surface area contributed by atoms with Crippen LogP contribution in [0.4, 0.5) is 0 Å². The molecule has 1 fully saturated rings. The molecule has 0 bridgehead atoms. The van der Waals surface area contributed by atoms with Gasteiger partial charge in [0.05, 0.1) is 5.60 Å². The van der Waals surface area contributed by atoms with Crippen LogP contribution in [0.3, 0.4) is 0 Å². The minimum absolute atomic E-state index is 0.495. The fourth-order valence-corrected chi connectivity index (χ4v) is 1.76. The van der Waals surface area contributed by atoms with Crippen molar-refractivity contribution in [2.75, 3.05) is 13.1 Å². The quantitative estimate of drug-likeness (QED) is 0.446. The molecule has 1 aliphatic rings. The molecule has 0 aromatic rings. The SMILES string of the molecule is O=C(O)/C=C/CNCC1(O)CCCC1. The topological polar surface area (TPSA) is 69.6 Å². The number of aliphatic carboxylic acids is 1. The molecular formula is C10H17NO3. The van der Waals surface area contributed by atoms with Gasteiger partial charge in [0, 0.05) is 19.2 Å². The Kier molecular flexibility index (Phi) is 4.10. The fraction of sp³-hybridized carbons (Fsp3) is 0.700. The van der Waals surface area contributed by atoms with Crippen LogP contribution < -0.4 is 5.32 Å². The minimum atomic E-state index is -0.939. The van der Waals surface area contributed by atoms with Crippen LogP contribution in [0.25, 0.3) is 0 Å². The number of rotatable bonds is 5. The van der Waals surface area contributed by atoms with Crippen molar-refractivity contribution in [3.05, 3.63) is 12.2 Å². The molecule has 0 unspecified atom stereocenters. The highest BCUT2D eigenvalue weighted by Gasteiger charge is 2.29. The van der Waals surface area contributed by atoms with Crippen molar-refractivity contribution < 1.29 is 15.0 Å². The first-order valence-corrected chi connectivity index (χ1v) is 4.95. The molecule has 14 heavy (non-hydrogen) atoms. The second-order valence-electron chi connectivity index (χ2n) is 3.80. The lowest BCUT2D eigenvalue weighted by Crippen LogP contribution is -2.37. The average Bonchev–Trinajstić information content (AvgIpc) is 2.51. The normalized spacial score (nSPS) is 20.4. The molecule has 1 aliphatic carbocycles. The van der Waals surface area contributed by atoms with Crippen molar-refractivity contribution in [3.8, 4) is 0 Å². The van der Waals surface area contributed by atoms with Gasteiger partial charge in [-0.15, -0.1) is 0 Å². The summed E-state index contributed by atoms with van der Waals surface area (Å²) >= 11 is 0. The van der Waals surface area contributed by atoms with E-state index in [1.807, 2.05) is 0 Å². The van der Waals surface area contributed by atoms with Crippen LogP contribution in [0.5, 0.6) is 0 Å². The standard InChI is InChI=1S/C10H17NO3/c12-9(13)4-3-7-11-8-10(14)5-1-2-6-10/h3-4,11,14H,1-2,5-8H2,(H,12,13)/b4-3+. The lowest BCUT2D eigenvalue weighted by molar-refractivity contribution is -0.131. The summed E-state index contributed by atoms with van der Waals surface area (Å²) in [5.74, 6) is -0.939. The molecule has 1 saturated carbocycles. The Morgan fingerprint density at radius 3 is 2.64 bits per heavy atom. The lowest BCUT2D eigenvalue weighted by atomic mass is 10.0. The third kappa shape index (κ3) is 3.89. The molecule has 80 valence electrons. The predicted molar refractivity (Wildman–Crippen MR) is 53.1 cm³/mol. The summed E-state index contributed by atoms with van der Waals surface area (Å²) in [5, 5.41) is 21.2. The van der Waals surface area contributed by atoms with Crippen molar-refractivity contribution in [2.45, 2.75) is 31.3 Å². The van der Waals surface area contributed by atoms with Gasteiger partial charge < -0.3 is 15.5 Å². The number of hydrogen-bond acceptors (Lipinski definition) is 3. The summed E-state index contributed by atoms with van der Waals surface area (Å²) in [6.07, 6.45) is 6.52. The molecule has 0 spiro atoms.